The third-order valence-electron chi connectivity index (χ3n) is 6.12. The topological polar surface area (TPSA) is 71.0 Å². The standard InChI is InChI=1S/C21H23F5N4O2S/c1-19(6-7-20(22,23)10-19)11-29-17(15(21(24,25)26)16(28-29)12-3-4-12)18(31)27-13-5-8-30(32)14(9-13)33-2/h5,8-9,12,32H,3-4,6-7,10-11H2,1-2H3/p+1. The summed E-state index contributed by atoms with van der Waals surface area (Å²) in [6, 6.07) is 2.75. The van der Waals surface area contributed by atoms with Crippen molar-refractivity contribution in [2.45, 2.75) is 68.6 Å². The van der Waals surface area contributed by atoms with Crippen LogP contribution in [0.3, 0.4) is 0 Å². The monoisotopic (exact) mass is 491 g/mol. The van der Waals surface area contributed by atoms with Gasteiger partial charge in [0, 0.05) is 42.2 Å². The number of alkyl halides is 5. The van der Waals surface area contributed by atoms with Crippen molar-refractivity contribution in [1.82, 2.24) is 9.78 Å². The quantitative estimate of drug-likeness (QED) is 0.255. The molecule has 2 heterocycles. The summed E-state index contributed by atoms with van der Waals surface area (Å²) < 4.78 is 71.9. The van der Waals surface area contributed by atoms with Crippen molar-refractivity contribution in [3.05, 3.63) is 35.3 Å². The van der Waals surface area contributed by atoms with Crippen molar-refractivity contribution in [2.24, 2.45) is 5.41 Å². The highest BCUT2D eigenvalue weighted by Gasteiger charge is 2.50. The second-order valence-electron chi connectivity index (χ2n) is 9.14. The van der Waals surface area contributed by atoms with E-state index in [4.69, 9.17) is 0 Å². The Bertz CT molecular complexity index is 1080. The first-order chi connectivity index (χ1) is 15.3. The second kappa shape index (κ2) is 8.14. The summed E-state index contributed by atoms with van der Waals surface area (Å²) >= 11 is 1.17. The third-order valence-corrected chi connectivity index (χ3v) is 6.84. The summed E-state index contributed by atoms with van der Waals surface area (Å²) in [5.41, 5.74) is -2.79. The number of rotatable bonds is 6. The molecule has 2 aromatic rings. The Morgan fingerprint density at radius 2 is 2.06 bits per heavy atom. The number of carbonyl (C=O) groups excluding carboxylic acids is 1. The van der Waals surface area contributed by atoms with Gasteiger partial charge in [-0.15, -0.1) is 0 Å². The van der Waals surface area contributed by atoms with Gasteiger partial charge in [0.15, 0.2) is 0 Å². The van der Waals surface area contributed by atoms with Crippen molar-refractivity contribution >= 4 is 23.4 Å². The van der Waals surface area contributed by atoms with E-state index in [1.807, 2.05) is 0 Å². The van der Waals surface area contributed by atoms with Gasteiger partial charge in [0.1, 0.15) is 11.3 Å². The predicted octanol–water partition coefficient (Wildman–Crippen LogP) is 5.10. The molecule has 33 heavy (non-hydrogen) atoms. The zero-order valence-corrected chi connectivity index (χ0v) is 18.9. The molecular weight excluding hydrogens is 467 g/mol. The summed E-state index contributed by atoms with van der Waals surface area (Å²) in [6.07, 6.45) is -1.55. The molecule has 2 aliphatic carbocycles. The van der Waals surface area contributed by atoms with E-state index in [0.717, 1.165) is 9.41 Å². The van der Waals surface area contributed by atoms with Crippen LogP contribution in [0, 0.1) is 5.41 Å². The van der Waals surface area contributed by atoms with Crippen LogP contribution in [0.4, 0.5) is 27.6 Å². The van der Waals surface area contributed by atoms with E-state index in [9.17, 15) is 32.0 Å². The summed E-state index contributed by atoms with van der Waals surface area (Å²) in [5, 5.41) is 16.7. The molecule has 2 aromatic heterocycles. The van der Waals surface area contributed by atoms with Gasteiger partial charge in [-0.2, -0.15) is 18.3 Å². The maximum atomic E-state index is 14.1. The van der Waals surface area contributed by atoms with E-state index in [0.29, 0.717) is 17.9 Å². The number of hydrogen-bond donors (Lipinski definition) is 2. The number of hydrogen-bond acceptors (Lipinski definition) is 4. The van der Waals surface area contributed by atoms with Crippen LogP contribution in [0.1, 0.15) is 66.7 Å². The summed E-state index contributed by atoms with van der Waals surface area (Å²) in [4.78, 5) is 13.2. The number of nitrogens with one attached hydrogen (secondary N) is 1. The van der Waals surface area contributed by atoms with Gasteiger partial charge in [-0.1, -0.05) is 18.7 Å². The molecule has 2 N–H and O–H groups in total. The minimum atomic E-state index is -4.83. The molecule has 12 heteroatoms. The van der Waals surface area contributed by atoms with Crippen LogP contribution in [0.15, 0.2) is 23.4 Å². The van der Waals surface area contributed by atoms with Crippen molar-refractivity contribution < 1.29 is 36.7 Å². The zero-order chi connectivity index (χ0) is 24.2. The first-order valence-corrected chi connectivity index (χ1v) is 11.7. The molecule has 0 aliphatic heterocycles. The number of halogens is 5. The summed E-state index contributed by atoms with van der Waals surface area (Å²) in [6.45, 7) is 1.37. The van der Waals surface area contributed by atoms with Crippen molar-refractivity contribution in [3.63, 3.8) is 0 Å². The smallest absolute Gasteiger partial charge is 0.320 e. The van der Waals surface area contributed by atoms with Gasteiger partial charge in [-0.25, -0.2) is 8.78 Å². The van der Waals surface area contributed by atoms with Crippen LogP contribution >= 0.6 is 11.8 Å². The Balaban J connectivity index is 1.75. The molecule has 0 bridgehead atoms. The van der Waals surface area contributed by atoms with E-state index >= 15 is 0 Å². The number of amides is 1. The minimum absolute atomic E-state index is 0.118. The fourth-order valence-electron chi connectivity index (χ4n) is 4.42. The number of aromatic nitrogens is 3. The molecule has 4 rings (SSSR count). The normalized spacial score (nSPS) is 22.5. The molecule has 0 radical (unpaired) electrons. The lowest BCUT2D eigenvalue weighted by Gasteiger charge is -2.25. The molecule has 2 saturated carbocycles. The fraction of sp³-hybridized carbons (Fsp3) is 0.571. The highest BCUT2D eigenvalue weighted by Crippen LogP contribution is 2.50. The number of nitrogens with zero attached hydrogens (tertiary/aromatic N) is 3. The molecule has 0 aromatic carbocycles. The van der Waals surface area contributed by atoms with Crippen LogP contribution in [0.25, 0.3) is 0 Å². The van der Waals surface area contributed by atoms with E-state index in [1.165, 1.54) is 30.1 Å². The molecule has 0 spiro atoms. The van der Waals surface area contributed by atoms with Crippen LogP contribution in [-0.2, 0) is 12.7 Å². The maximum Gasteiger partial charge on any atom is 0.420 e. The lowest BCUT2D eigenvalue weighted by Crippen LogP contribution is -2.32. The Morgan fingerprint density at radius 1 is 1.36 bits per heavy atom. The van der Waals surface area contributed by atoms with Crippen molar-refractivity contribution in [3.8, 4) is 0 Å². The zero-order valence-electron chi connectivity index (χ0n) is 18.0. The van der Waals surface area contributed by atoms with Gasteiger partial charge in [0.25, 0.3) is 10.9 Å². The van der Waals surface area contributed by atoms with Crippen molar-refractivity contribution in [1.29, 1.82) is 0 Å². The first kappa shape index (κ1) is 23.8. The van der Waals surface area contributed by atoms with Crippen LogP contribution in [0.5, 0.6) is 0 Å². The molecule has 0 saturated heterocycles. The average molecular weight is 492 g/mol. The molecular formula is C21H24F5N4O2S+. The molecule has 2 aliphatic rings. The average Bonchev–Trinajstić information content (AvgIpc) is 3.41. The van der Waals surface area contributed by atoms with E-state index < -0.39 is 47.0 Å². The fourth-order valence-corrected chi connectivity index (χ4v) is 4.91. The number of anilines is 1. The van der Waals surface area contributed by atoms with Crippen LogP contribution in [-0.4, -0.2) is 33.1 Å². The lowest BCUT2D eigenvalue weighted by atomic mass is 9.88. The van der Waals surface area contributed by atoms with Crippen molar-refractivity contribution in [2.75, 3.05) is 11.6 Å². The predicted molar refractivity (Wildman–Crippen MR) is 110 cm³/mol. The third kappa shape index (κ3) is 4.95. The van der Waals surface area contributed by atoms with Gasteiger partial charge < -0.3 is 5.32 Å². The number of carbonyl (C=O) groups is 1. The molecule has 1 unspecified atom stereocenters. The van der Waals surface area contributed by atoms with E-state index in [-0.39, 0.29) is 30.8 Å². The Kier molecular flexibility index (Phi) is 5.86. The van der Waals surface area contributed by atoms with Gasteiger partial charge in [0.2, 0.25) is 12.1 Å². The molecule has 1 atom stereocenters. The van der Waals surface area contributed by atoms with Crippen LogP contribution in [0.2, 0.25) is 0 Å². The first-order valence-electron chi connectivity index (χ1n) is 10.5. The molecule has 2 fully saturated rings. The highest BCUT2D eigenvalue weighted by atomic mass is 32.2. The van der Waals surface area contributed by atoms with Crippen LogP contribution < -0.4 is 10.0 Å². The number of pyridine rings is 1. The number of thioether (sulfide) groups is 1. The summed E-state index contributed by atoms with van der Waals surface area (Å²) in [7, 11) is 0. The minimum Gasteiger partial charge on any atom is -0.320 e. The van der Waals surface area contributed by atoms with E-state index in [2.05, 4.69) is 10.4 Å². The van der Waals surface area contributed by atoms with Gasteiger partial charge in [-0.05, 0) is 30.9 Å². The van der Waals surface area contributed by atoms with Gasteiger partial charge in [-0.3, -0.25) is 14.7 Å². The van der Waals surface area contributed by atoms with Gasteiger partial charge >= 0.3 is 6.18 Å². The second-order valence-corrected chi connectivity index (χ2v) is 9.96. The Hall–Kier alpha value is -2.37. The largest absolute Gasteiger partial charge is 0.420 e. The van der Waals surface area contributed by atoms with Gasteiger partial charge in [0.05, 0.1) is 11.4 Å². The Morgan fingerprint density at radius 3 is 2.61 bits per heavy atom. The molecule has 1 amide bonds. The molecule has 6 nitrogen and oxygen atoms in total. The molecule has 180 valence electrons. The Labute approximate surface area is 191 Å². The van der Waals surface area contributed by atoms with E-state index in [1.54, 1.807) is 13.2 Å². The summed E-state index contributed by atoms with van der Waals surface area (Å²) in [5.74, 6) is -4.33. The SMILES string of the molecule is CSc1cc(NC(=O)c2c(C(F)(F)F)c(C3CC3)nn2CC2(C)CCC(F)(F)C2)cc[n+]1O. The maximum absolute atomic E-state index is 14.1. The lowest BCUT2D eigenvalue weighted by molar-refractivity contribution is -0.932. The highest BCUT2D eigenvalue weighted by molar-refractivity contribution is 7.98.